The van der Waals surface area contributed by atoms with Gasteiger partial charge in [0.2, 0.25) is 0 Å². The topological polar surface area (TPSA) is 116 Å². The summed E-state index contributed by atoms with van der Waals surface area (Å²) < 4.78 is 21.9. The number of nitro benzene ring substituents is 1. The number of ether oxygens (including phenoxy) is 1. The van der Waals surface area contributed by atoms with Gasteiger partial charge in [0.25, 0.3) is 17.2 Å². The van der Waals surface area contributed by atoms with Gasteiger partial charge in [0.1, 0.15) is 22.9 Å². The predicted molar refractivity (Wildman–Crippen MR) is 152 cm³/mol. The highest BCUT2D eigenvalue weighted by Gasteiger charge is 2.31. The first-order chi connectivity index (χ1) is 18.6. The first-order valence-electron chi connectivity index (χ1n) is 13.1. The van der Waals surface area contributed by atoms with Gasteiger partial charge in [-0.3, -0.25) is 24.3 Å². The fraction of sp³-hybridized carbons (Fsp3) is 0.379. The van der Waals surface area contributed by atoms with E-state index in [9.17, 15) is 24.1 Å². The number of hydrogen-bond donors (Lipinski definition) is 2. The van der Waals surface area contributed by atoms with Crippen molar-refractivity contribution in [3.63, 3.8) is 0 Å². The first kappa shape index (κ1) is 31.0. The highest BCUT2D eigenvalue weighted by Crippen LogP contribution is 2.37. The number of aromatic nitrogens is 1. The zero-order valence-electron chi connectivity index (χ0n) is 23.8. The summed E-state index contributed by atoms with van der Waals surface area (Å²) in [6, 6.07) is 8.87. The maximum atomic E-state index is 14.7. The fourth-order valence-electron chi connectivity index (χ4n) is 3.75. The maximum absolute atomic E-state index is 14.7. The van der Waals surface area contributed by atoms with Crippen LogP contribution in [-0.4, -0.2) is 21.4 Å². The summed E-state index contributed by atoms with van der Waals surface area (Å²) in [7, 11) is 1.47. The largest absolute Gasteiger partial charge is 0.455 e. The van der Waals surface area contributed by atoms with Gasteiger partial charge >= 0.3 is 0 Å². The van der Waals surface area contributed by atoms with Crippen molar-refractivity contribution in [1.29, 1.82) is 0 Å². The number of amides is 1. The van der Waals surface area contributed by atoms with Gasteiger partial charge in [-0.15, -0.1) is 0 Å². The van der Waals surface area contributed by atoms with E-state index in [4.69, 9.17) is 4.74 Å². The number of benzene rings is 2. The van der Waals surface area contributed by atoms with Crippen LogP contribution in [0.2, 0.25) is 0 Å². The molecule has 1 aliphatic rings. The summed E-state index contributed by atoms with van der Waals surface area (Å²) in [6.45, 7) is 12.8. The third kappa shape index (κ3) is 7.01. The van der Waals surface area contributed by atoms with Gasteiger partial charge in [-0.2, -0.15) is 0 Å². The molecule has 10 heteroatoms. The Hall–Kier alpha value is -4.21. The minimum atomic E-state index is -0.552. The second kappa shape index (κ2) is 13.5. The van der Waals surface area contributed by atoms with Crippen molar-refractivity contribution in [2.75, 3.05) is 5.32 Å². The number of rotatable bonds is 7. The summed E-state index contributed by atoms with van der Waals surface area (Å²) in [6.07, 6.45) is 1.65. The zero-order valence-corrected chi connectivity index (χ0v) is 23.8. The van der Waals surface area contributed by atoms with Crippen LogP contribution in [0.5, 0.6) is 11.5 Å². The number of nitrogens with one attached hydrogen (secondary N) is 2. The van der Waals surface area contributed by atoms with Crippen LogP contribution in [0, 0.1) is 36.7 Å². The van der Waals surface area contributed by atoms with Crippen molar-refractivity contribution < 1.29 is 18.8 Å². The number of pyridine rings is 1. The number of carbonyl (C=O) groups is 1. The number of halogens is 1. The summed E-state index contributed by atoms with van der Waals surface area (Å²) in [5.41, 5.74) is 0.533. The van der Waals surface area contributed by atoms with Crippen LogP contribution in [-0.2, 0) is 7.05 Å². The van der Waals surface area contributed by atoms with E-state index in [2.05, 4.69) is 10.6 Å². The van der Waals surface area contributed by atoms with E-state index in [0.717, 1.165) is 12.8 Å². The lowest BCUT2D eigenvalue weighted by molar-refractivity contribution is -0.385. The molecule has 0 aliphatic heterocycles. The first-order valence-corrected chi connectivity index (χ1v) is 13.1. The molecule has 0 spiro atoms. The molecule has 1 saturated carbocycles. The average molecular weight is 541 g/mol. The molecular weight excluding hydrogens is 503 g/mol. The van der Waals surface area contributed by atoms with Crippen LogP contribution in [0.1, 0.15) is 67.6 Å². The van der Waals surface area contributed by atoms with Crippen LogP contribution in [0.3, 0.4) is 0 Å². The van der Waals surface area contributed by atoms with E-state index in [-0.39, 0.29) is 51.4 Å². The minimum Gasteiger partial charge on any atom is -0.455 e. The van der Waals surface area contributed by atoms with Crippen LogP contribution < -0.4 is 20.9 Å². The Bertz CT molecular complexity index is 1410. The molecule has 210 valence electrons. The lowest BCUT2D eigenvalue weighted by Crippen LogP contribution is -2.31. The third-order valence-electron chi connectivity index (χ3n) is 5.95. The molecule has 1 heterocycles. The van der Waals surface area contributed by atoms with E-state index in [1.54, 1.807) is 13.0 Å². The third-order valence-corrected chi connectivity index (χ3v) is 5.95. The van der Waals surface area contributed by atoms with Crippen molar-refractivity contribution in [3.8, 4) is 11.5 Å². The van der Waals surface area contributed by atoms with Crippen molar-refractivity contribution in [2.24, 2.45) is 7.05 Å². The molecule has 2 N–H and O–H groups in total. The second-order valence-electron chi connectivity index (χ2n) is 8.66. The van der Waals surface area contributed by atoms with Crippen LogP contribution >= 0.6 is 0 Å². The molecule has 9 nitrogen and oxygen atoms in total. The minimum absolute atomic E-state index is 0.00220. The molecule has 1 aliphatic carbocycles. The monoisotopic (exact) mass is 540 g/mol. The number of carbonyl (C=O) groups excluding carboxylic acids is 1. The molecule has 0 unspecified atom stereocenters. The summed E-state index contributed by atoms with van der Waals surface area (Å²) in [4.78, 5) is 37.4. The van der Waals surface area contributed by atoms with Gasteiger partial charge in [-0.25, -0.2) is 4.39 Å². The number of anilines is 2. The van der Waals surface area contributed by atoms with Gasteiger partial charge < -0.3 is 15.4 Å². The molecule has 0 bridgehead atoms. The van der Waals surface area contributed by atoms with Crippen LogP contribution in [0.25, 0.3) is 0 Å². The highest BCUT2D eigenvalue weighted by atomic mass is 19.1. The molecule has 0 saturated heterocycles. The van der Waals surface area contributed by atoms with E-state index in [0.29, 0.717) is 5.56 Å². The van der Waals surface area contributed by atoms with E-state index >= 15 is 0 Å². The molecule has 0 atom stereocenters. The quantitative estimate of drug-likeness (QED) is 0.250. The number of nitrogens with zero attached hydrogens (tertiary/aromatic N) is 2. The normalized spacial score (nSPS) is 11.8. The standard InChI is InChI=1S/C25H25FN4O5.2C2H6/c1-13-8-11-18(17(26)12-13)28-23-21(24(31)27-16-9-10-16)22(15(3)25(32)29(23)4)35-20-7-5-6-19(14(20)2)30(33)34;2*1-2/h5-8,11-12,16,28H,9-10H2,1-4H3,(H,27,31);2*1-2H3. The van der Waals surface area contributed by atoms with Crippen molar-refractivity contribution in [1.82, 2.24) is 9.88 Å². The Kier molecular flexibility index (Phi) is 10.8. The average Bonchev–Trinajstić information content (AvgIpc) is 3.74. The highest BCUT2D eigenvalue weighted by molar-refractivity contribution is 6.03. The molecule has 1 amide bonds. The van der Waals surface area contributed by atoms with Crippen LogP contribution in [0.4, 0.5) is 21.6 Å². The molecule has 39 heavy (non-hydrogen) atoms. The van der Waals surface area contributed by atoms with Crippen molar-refractivity contribution >= 4 is 23.1 Å². The molecule has 4 rings (SSSR count). The number of hydrogen-bond acceptors (Lipinski definition) is 6. The SMILES string of the molecule is CC.CC.Cc1ccc(Nc2c(C(=O)NC3CC3)c(Oc3cccc([N+](=O)[O-])c3C)c(C)c(=O)n2C)c(F)c1. The van der Waals surface area contributed by atoms with Gasteiger partial charge in [-0.1, -0.05) is 39.8 Å². The lowest BCUT2D eigenvalue weighted by Gasteiger charge is -2.21. The zero-order chi connectivity index (χ0) is 29.4. The Morgan fingerprint density at radius 2 is 1.72 bits per heavy atom. The molecule has 1 aromatic heterocycles. The molecular formula is C29H37FN4O5. The molecule has 0 radical (unpaired) electrons. The maximum Gasteiger partial charge on any atom is 0.276 e. The fourth-order valence-corrected chi connectivity index (χ4v) is 3.75. The molecule has 1 fully saturated rings. The van der Waals surface area contributed by atoms with Crippen LogP contribution in [0.15, 0.2) is 41.2 Å². The smallest absolute Gasteiger partial charge is 0.276 e. The Morgan fingerprint density at radius 1 is 1.08 bits per heavy atom. The second-order valence-corrected chi connectivity index (χ2v) is 8.66. The van der Waals surface area contributed by atoms with E-state index in [1.807, 2.05) is 27.7 Å². The molecule has 3 aromatic rings. The van der Waals surface area contributed by atoms with E-state index < -0.39 is 22.2 Å². The molecule has 2 aromatic carbocycles. The summed E-state index contributed by atoms with van der Waals surface area (Å²) in [5, 5.41) is 17.2. The van der Waals surface area contributed by atoms with Gasteiger partial charge in [0.15, 0.2) is 5.75 Å². The lowest BCUT2D eigenvalue weighted by atomic mass is 10.1. The summed E-state index contributed by atoms with van der Waals surface area (Å²) in [5.74, 6) is -0.934. The van der Waals surface area contributed by atoms with E-state index in [1.165, 1.54) is 55.8 Å². The number of aryl methyl sites for hydroxylation is 1. The Balaban J connectivity index is 0.00000127. The number of nitro groups is 1. The Labute approximate surface area is 228 Å². The predicted octanol–water partition coefficient (Wildman–Crippen LogP) is 6.84. The Morgan fingerprint density at radius 3 is 2.28 bits per heavy atom. The van der Waals surface area contributed by atoms with Crippen molar-refractivity contribution in [2.45, 2.75) is 67.3 Å². The van der Waals surface area contributed by atoms with Crippen molar-refractivity contribution in [3.05, 3.63) is 84.9 Å². The van der Waals surface area contributed by atoms with Gasteiger partial charge in [0, 0.05) is 19.2 Å². The van der Waals surface area contributed by atoms with Gasteiger partial charge in [-0.05, 0) is 57.4 Å². The summed E-state index contributed by atoms with van der Waals surface area (Å²) >= 11 is 0. The van der Waals surface area contributed by atoms with Gasteiger partial charge in [0.05, 0.1) is 21.7 Å².